The number of nitrogens with one attached hydrogen (secondary N) is 1. The molecule has 1 N–H and O–H groups in total. The molecule has 0 saturated carbocycles. The predicted molar refractivity (Wildman–Crippen MR) is 88.2 cm³/mol. The minimum atomic E-state index is -0.246. The second-order valence-electron chi connectivity index (χ2n) is 5.24. The van der Waals surface area contributed by atoms with Gasteiger partial charge >= 0.3 is 0 Å². The van der Waals surface area contributed by atoms with E-state index in [0.717, 1.165) is 17.0 Å². The summed E-state index contributed by atoms with van der Waals surface area (Å²) in [6.45, 7) is 5.58. The van der Waals surface area contributed by atoms with Crippen LogP contribution in [0.25, 0.3) is 0 Å². The average molecular weight is 320 g/mol. The van der Waals surface area contributed by atoms with Crippen LogP contribution in [-0.4, -0.2) is 23.9 Å². The van der Waals surface area contributed by atoms with Crippen molar-refractivity contribution in [2.75, 3.05) is 13.1 Å². The van der Waals surface area contributed by atoms with Crippen LogP contribution in [0.15, 0.2) is 41.8 Å². The van der Waals surface area contributed by atoms with Crippen molar-refractivity contribution in [1.82, 2.24) is 10.2 Å². The van der Waals surface area contributed by atoms with Crippen LogP contribution in [0.5, 0.6) is 0 Å². The first-order valence-electron chi connectivity index (χ1n) is 7.38. The fourth-order valence-electron chi connectivity index (χ4n) is 2.27. The largest absolute Gasteiger partial charge is 0.348 e. The van der Waals surface area contributed by atoms with Crippen LogP contribution in [0.2, 0.25) is 0 Å². The maximum absolute atomic E-state index is 13.2. The number of hydrogen-bond acceptors (Lipinski definition) is 3. The fourth-order valence-corrected chi connectivity index (χ4v) is 3.01. The van der Waals surface area contributed by atoms with Gasteiger partial charge in [0, 0.05) is 11.4 Å². The lowest BCUT2D eigenvalue weighted by Gasteiger charge is -2.21. The Bertz CT molecular complexity index is 600. The Hall–Kier alpha value is -1.72. The SMILES string of the molecule is CCN(CC(=O)N[C@@H](C)c1cccs1)Cc1cccc(F)c1. The van der Waals surface area contributed by atoms with Crippen molar-refractivity contribution < 1.29 is 9.18 Å². The summed E-state index contributed by atoms with van der Waals surface area (Å²) in [5.74, 6) is -0.261. The molecule has 118 valence electrons. The number of carbonyl (C=O) groups is 1. The number of nitrogens with zero attached hydrogens (tertiary/aromatic N) is 1. The number of rotatable bonds is 7. The smallest absolute Gasteiger partial charge is 0.234 e. The molecule has 1 heterocycles. The molecule has 0 aliphatic rings. The molecule has 0 aliphatic heterocycles. The highest BCUT2D eigenvalue weighted by Crippen LogP contribution is 2.18. The van der Waals surface area contributed by atoms with E-state index in [1.165, 1.54) is 12.1 Å². The first-order valence-corrected chi connectivity index (χ1v) is 8.26. The number of halogens is 1. The molecule has 0 unspecified atom stereocenters. The van der Waals surface area contributed by atoms with Gasteiger partial charge < -0.3 is 5.32 Å². The third-order valence-electron chi connectivity index (χ3n) is 3.46. The van der Waals surface area contributed by atoms with E-state index in [-0.39, 0.29) is 17.8 Å². The van der Waals surface area contributed by atoms with Gasteiger partial charge in [0.1, 0.15) is 5.82 Å². The molecule has 0 radical (unpaired) electrons. The van der Waals surface area contributed by atoms with E-state index in [4.69, 9.17) is 0 Å². The van der Waals surface area contributed by atoms with Gasteiger partial charge in [0.15, 0.2) is 0 Å². The molecule has 0 spiro atoms. The van der Waals surface area contributed by atoms with E-state index in [1.54, 1.807) is 17.4 Å². The zero-order valence-electron chi connectivity index (χ0n) is 12.9. The van der Waals surface area contributed by atoms with Crippen LogP contribution in [0.4, 0.5) is 4.39 Å². The normalized spacial score (nSPS) is 12.4. The molecule has 3 nitrogen and oxygen atoms in total. The standard InChI is InChI=1S/C17H21FN2OS/c1-3-20(11-14-6-4-7-15(18)10-14)12-17(21)19-13(2)16-8-5-9-22-16/h4-10,13H,3,11-12H2,1-2H3,(H,19,21)/t13-/m0/s1. The lowest BCUT2D eigenvalue weighted by atomic mass is 10.2. The van der Waals surface area contributed by atoms with Gasteiger partial charge in [0.2, 0.25) is 5.91 Å². The first kappa shape index (κ1) is 16.6. The van der Waals surface area contributed by atoms with Crippen molar-refractivity contribution in [2.45, 2.75) is 26.4 Å². The Labute approximate surface area is 134 Å². The molecule has 0 saturated heterocycles. The Morgan fingerprint density at radius 2 is 2.18 bits per heavy atom. The van der Waals surface area contributed by atoms with Crippen molar-refractivity contribution in [3.8, 4) is 0 Å². The lowest BCUT2D eigenvalue weighted by molar-refractivity contribution is -0.123. The zero-order chi connectivity index (χ0) is 15.9. The maximum atomic E-state index is 13.2. The highest BCUT2D eigenvalue weighted by Gasteiger charge is 2.14. The third kappa shape index (κ3) is 4.93. The van der Waals surface area contributed by atoms with E-state index in [9.17, 15) is 9.18 Å². The highest BCUT2D eigenvalue weighted by molar-refractivity contribution is 7.10. The van der Waals surface area contributed by atoms with Gasteiger partial charge in [-0.3, -0.25) is 9.69 Å². The summed E-state index contributed by atoms with van der Waals surface area (Å²) < 4.78 is 13.2. The molecular weight excluding hydrogens is 299 g/mol. The molecule has 2 rings (SSSR count). The molecular formula is C17H21FN2OS. The Kier molecular flexibility index (Phi) is 6.10. The molecule has 5 heteroatoms. The van der Waals surface area contributed by atoms with Gasteiger partial charge in [-0.25, -0.2) is 4.39 Å². The maximum Gasteiger partial charge on any atom is 0.234 e. The van der Waals surface area contributed by atoms with E-state index in [0.29, 0.717) is 13.1 Å². The minimum absolute atomic E-state index is 0.0142. The molecule has 2 aromatic rings. The summed E-state index contributed by atoms with van der Waals surface area (Å²) in [6, 6.07) is 10.5. The number of carbonyl (C=O) groups excluding carboxylic acids is 1. The van der Waals surface area contributed by atoms with Gasteiger partial charge in [-0.15, -0.1) is 11.3 Å². The van der Waals surface area contributed by atoms with Gasteiger partial charge in [0.25, 0.3) is 0 Å². The van der Waals surface area contributed by atoms with Crippen molar-refractivity contribution in [3.63, 3.8) is 0 Å². The zero-order valence-corrected chi connectivity index (χ0v) is 13.7. The lowest BCUT2D eigenvalue weighted by Crippen LogP contribution is -2.37. The summed E-state index contributed by atoms with van der Waals surface area (Å²) in [5, 5.41) is 5.00. The Balaban J connectivity index is 1.88. The van der Waals surface area contributed by atoms with Crippen LogP contribution in [0, 0.1) is 5.82 Å². The summed E-state index contributed by atoms with van der Waals surface area (Å²) in [6.07, 6.45) is 0. The van der Waals surface area contributed by atoms with Crippen LogP contribution >= 0.6 is 11.3 Å². The monoisotopic (exact) mass is 320 g/mol. The predicted octanol–water partition coefficient (Wildman–Crippen LogP) is 3.59. The molecule has 0 bridgehead atoms. The molecule has 0 fully saturated rings. The van der Waals surface area contributed by atoms with E-state index >= 15 is 0 Å². The number of likely N-dealkylation sites (N-methyl/N-ethyl adjacent to an activating group) is 1. The molecule has 1 aromatic heterocycles. The van der Waals surface area contributed by atoms with Gasteiger partial charge in [-0.05, 0) is 42.6 Å². The molecule has 1 atom stereocenters. The van der Waals surface area contributed by atoms with Crippen molar-refractivity contribution in [2.24, 2.45) is 0 Å². The van der Waals surface area contributed by atoms with Crippen LogP contribution < -0.4 is 5.32 Å². The summed E-state index contributed by atoms with van der Waals surface area (Å²) in [7, 11) is 0. The van der Waals surface area contributed by atoms with Crippen LogP contribution in [0.3, 0.4) is 0 Å². The molecule has 1 aromatic carbocycles. The van der Waals surface area contributed by atoms with Crippen molar-refractivity contribution >= 4 is 17.2 Å². The number of thiophene rings is 1. The van der Waals surface area contributed by atoms with Gasteiger partial charge in [-0.2, -0.15) is 0 Å². The van der Waals surface area contributed by atoms with E-state index in [1.807, 2.05) is 42.3 Å². The van der Waals surface area contributed by atoms with Gasteiger partial charge in [-0.1, -0.05) is 25.1 Å². The quantitative estimate of drug-likeness (QED) is 0.845. The topological polar surface area (TPSA) is 32.3 Å². The van der Waals surface area contributed by atoms with Crippen molar-refractivity contribution in [3.05, 3.63) is 58.0 Å². The second kappa shape index (κ2) is 8.06. The van der Waals surface area contributed by atoms with E-state index in [2.05, 4.69) is 5.32 Å². The average Bonchev–Trinajstić information content (AvgIpc) is 3.00. The second-order valence-corrected chi connectivity index (χ2v) is 6.22. The number of hydrogen-bond donors (Lipinski definition) is 1. The highest BCUT2D eigenvalue weighted by atomic mass is 32.1. The number of benzene rings is 1. The van der Waals surface area contributed by atoms with E-state index < -0.39 is 0 Å². The fraction of sp³-hybridized carbons (Fsp3) is 0.353. The number of amides is 1. The Morgan fingerprint density at radius 3 is 2.82 bits per heavy atom. The minimum Gasteiger partial charge on any atom is -0.348 e. The molecule has 0 aliphatic carbocycles. The van der Waals surface area contributed by atoms with Gasteiger partial charge in [0.05, 0.1) is 12.6 Å². The van der Waals surface area contributed by atoms with Crippen LogP contribution in [0.1, 0.15) is 30.3 Å². The third-order valence-corrected chi connectivity index (χ3v) is 4.51. The summed E-state index contributed by atoms with van der Waals surface area (Å²) in [4.78, 5) is 15.3. The first-order chi connectivity index (χ1) is 10.6. The van der Waals surface area contributed by atoms with Crippen LogP contribution in [-0.2, 0) is 11.3 Å². The molecule has 22 heavy (non-hydrogen) atoms. The molecule has 1 amide bonds. The summed E-state index contributed by atoms with van der Waals surface area (Å²) >= 11 is 1.63. The summed E-state index contributed by atoms with van der Waals surface area (Å²) in [5.41, 5.74) is 0.876. The Morgan fingerprint density at radius 1 is 1.36 bits per heavy atom. The van der Waals surface area contributed by atoms with Crippen molar-refractivity contribution in [1.29, 1.82) is 0 Å².